The van der Waals surface area contributed by atoms with Crippen molar-refractivity contribution < 1.29 is 28.5 Å². The Morgan fingerprint density at radius 1 is 0.962 bits per heavy atom. The number of rotatable bonds is 5. The Morgan fingerprint density at radius 2 is 1.62 bits per heavy atom. The zero-order valence-corrected chi connectivity index (χ0v) is 15.8. The molecule has 1 aromatic carbocycles. The molecular weight excluding hydrogens is 338 g/mol. The predicted molar refractivity (Wildman–Crippen MR) is 94.9 cm³/mol. The minimum Gasteiger partial charge on any atom is -0.497 e. The second kappa shape index (κ2) is 7.95. The minimum absolute atomic E-state index is 0.316. The topological polar surface area (TPSA) is 83.1 Å². The fourth-order valence-corrected chi connectivity index (χ4v) is 3.07. The van der Waals surface area contributed by atoms with Crippen LogP contribution in [0, 0.1) is 0 Å². The van der Waals surface area contributed by atoms with Crippen LogP contribution in [0.2, 0.25) is 0 Å². The largest absolute Gasteiger partial charge is 0.497 e. The quantitative estimate of drug-likeness (QED) is 0.806. The third-order valence-corrected chi connectivity index (χ3v) is 4.35. The molecular formula is C19H23NO6. The smallest absolute Gasteiger partial charge is 0.339 e. The van der Waals surface area contributed by atoms with E-state index in [0.29, 0.717) is 33.9 Å². The summed E-state index contributed by atoms with van der Waals surface area (Å²) < 4.78 is 20.5. The van der Waals surface area contributed by atoms with E-state index in [1.54, 1.807) is 33.1 Å². The number of methoxy groups -OCH3 is 4. The van der Waals surface area contributed by atoms with Crippen LogP contribution < -0.4 is 14.8 Å². The third-order valence-electron chi connectivity index (χ3n) is 4.35. The number of nitrogens with one attached hydrogen (secondary N) is 1. The summed E-state index contributed by atoms with van der Waals surface area (Å²) in [6, 6.07) is 4.77. The van der Waals surface area contributed by atoms with Crippen molar-refractivity contribution in [2.75, 3.05) is 28.4 Å². The van der Waals surface area contributed by atoms with Gasteiger partial charge in [0.2, 0.25) is 0 Å². The van der Waals surface area contributed by atoms with Gasteiger partial charge in [0.05, 0.1) is 45.6 Å². The van der Waals surface area contributed by atoms with Crippen molar-refractivity contribution in [3.63, 3.8) is 0 Å². The molecule has 0 aliphatic carbocycles. The maximum absolute atomic E-state index is 12.5. The van der Waals surface area contributed by atoms with Gasteiger partial charge >= 0.3 is 11.9 Å². The van der Waals surface area contributed by atoms with Gasteiger partial charge in [0.1, 0.15) is 11.5 Å². The van der Waals surface area contributed by atoms with Crippen molar-refractivity contribution in [2.45, 2.75) is 19.9 Å². The molecule has 0 aromatic heterocycles. The maximum atomic E-state index is 12.5. The molecule has 1 aliphatic rings. The molecule has 1 N–H and O–H groups in total. The highest BCUT2D eigenvalue weighted by Crippen LogP contribution is 2.39. The van der Waals surface area contributed by atoms with Crippen molar-refractivity contribution >= 4 is 11.9 Å². The lowest BCUT2D eigenvalue weighted by atomic mass is 9.86. The Balaban J connectivity index is 2.66. The summed E-state index contributed by atoms with van der Waals surface area (Å²) in [7, 11) is 5.70. The fourth-order valence-electron chi connectivity index (χ4n) is 3.07. The summed E-state index contributed by atoms with van der Waals surface area (Å²) >= 11 is 0. The normalized spacial score (nSPS) is 16.8. The Hall–Kier alpha value is -2.96. The number of hydrogen-bond donors (Lipinski definition) is 1. The van der Waals surface area contributed by atoms with E-state index >= 15 is 0 Å². The lowest BCUT2D eigenvalue weighted by Crippen LogP contribution is -2.33. The van der Waals surface area contributed by atoms with Crippen molar-refractivity contribution in [3.8, 4) is 11.5 Å². The van der Waals surface area contributed by atoms with Crippen molar-refractivity contribution in [1.82, 2.24) is 5.32 Å². The van der Waals surface area contributed by atoms with Gasteiger partial charge < -0.3 is 24.3 Å². The zero-order valence-electron chi connectivity index (χ0n) is 15.8. The van der Waals surface area contributed by atoms with Crippen molar-refractivity contribution in [2.24, 2.45) is 0 Å². The molecule has 0 bridgehead atoms. The molecule has 1 heterocycles. The number of carbonyl (C=O) groups is 2. The first-order chi connectivity index (χ1) is 12.4. The van der Waals surface area contributed by atoms with Gasteiger partial charge in [-0.3, -0.25) is 0 Å². The molecule has 0 saturated carbocycles. The van der Waals surface area contributed by atoms with E-state index in [-0.39, 0.29) is 0 Å². The monoisotopic (exact) mass is 361 g/mol. The molecule has 0 unspecified atom stereocenters. The summed E-state index contributed by atoms with van der Waals surface area (Å²) in [4.78, 5) is 24.6. The van der Waals surface area contributed by atoms with Crippen LogP contribution in [0.1, 0.15) is 25.5 Å². The highest BCUT2D eigenvalue weighted by Gasteiger charge is 2.35. The first-order valence-corrected chi connectivity index (χ1v) is 7.96. The minimum atomic E-state index is -0.545. The number of carbonyl (C=O) groups excluding carboxylic acids is 2. The van der Waals surface area contributed by atoms with Gasteiger partial charge in [0.25, 0.3) is 0 Å². The SMILES string of the molecule is COC(=O)C1=C(C)N[C@@H](c2ccc(OC)cc2OC)C(C(=O)OC)=C1C. The van der Waals surface area contributed by atoms with E-state index in [4.69, 9.17) is 18.9 Å². The number of ether oxygens (including phenoxy) is 4. The van der Waals surface area contributed by atoms with Crippen LogP contribution in [0.15, 0.2) is 40.6 Å². The molecule has 7 nitrogen and oxygen atoms in total. The van der Waals surface area contributed by atoms with Gasteiger partial charge in [0, 0.05) is 17.3 Å². The van der Waals surface area contributed by atoms with Crippen molar-refractivity contribution in [3.05, 3.63) is 46.2 Å². The molecule has 1 atom stereocenters. The number of dihydropyridines is 1. The summed E-state index contributed by atoms with van der Waals surface area (Å²) in [5.41, 5.74) is 2.46. The van der Waals surface area contributed by atoms with Crippen LogP contribution in [0.3, 0.4) is 0 Å². The van der Waals surface area contributed by atoms with E-state index in [9.17, 15) is 9.59 Å². The second-order valence-electron chi connectivity index (χ2n) is 5.71. The molecule has 1 aliphatic heterocycles. The molecule has 140 valence electrons. The van der Waals surface area contributed by atoms with Crippen LogP contribution in [-0.4, -0.2) is 40.4 Å². The molecule has 0 radical (unpaired) electrons. The second-order valence-corrected chi connectivity index (χ2v) is 5.71. The first kappa shape index (κ1) is 19.4. The van der Waals surface area contributed by atoms with Crippen LogP contribution in [0.25, 0.3) is 0 Å². The molecule has 0 spiro atoms. The van der Waals surface area contributed by atoms with Crippen LogP contribution >= 0.6 is 0 Å². The molecule has 0 amide bonds. The summed E-state index contributed by atoms with van der Waals surface area (Å²) in [5.74, 6) is 0.121. The lowest BCUT2D eigenvalue weighted by Gasteiger charge is -2.31. The highest BCUT2D eigenvalue weighted by molar-refractivity contribution is 6.00. The number of hydrogen-bond acceptors (Lipinski definition) is 7. The van der Waals surface area contributed by atoms with E-state index in [0.717, 1.165) is 5.56 Å². The molecule has 7 heteroatoms. The van der Waals surface area contributed by atoms with Gasteiger partial charge in [-0.25, -0.2) is 9.59 Å². The van der Waals surface area contributed by atoms with Crippen LogP contribution in [-0.2, 0) is 19.1 Å². The Morgan fingerprint density at radius 3 is 2.15 bits per heavy atom. The molecule has 0 saturated heterocycles. The molecule has 0 fully saturated rings. The lowest BCUT2D eigenvalue weighted by molar-refractivity contribution is -0.136. The first-order valence-electron chi connectivity index (χ1n) is 7.96. The van der Waals surface area contributed by atoms with Gasteiger partial charge in [-0.2, -0.15) is 0 Å². The highest BCUT2D eigenvalue weighted by atomic mass is 16.5. The van der Waals surface area contributed by atoms with Gasteiger partial charge in [0.15, 0.2) is 0 Å². The Bertz CT molecular complexity index is 793. The number of allylic oxidation sites excluding steroid dienone is 1. The fraction of sp³-hybridized carbons (Fsp3) is 0.368. The maximum Gasteiger partial charge on any atom is 0.339 e. The van der Waals surface area contributed by atoms with Gasteiger partial charge in [-0.15, -0.1) is 0 Å². The summed E-state index contributed by atoms with van der Waals surface area (Å²) in [6.45, 7) is 3.46. The van der Waals surface area contributed by atoms with E-state index < -0.39 is 18.0 Å². The molecule has 26 heavy (non-hydrogen) atoms. The van der Waals surface area contributed by atoms with Crippen LogP contribution in [0.5, 0.6) is 11.5 Å². The average Bonchev–Trinajstić information content (AvgIpc) is 2.66. The number of esters is 2. The van der Waals surface area contributed by atoms with E-state index in [1.165, 1.54) is 21.3 Å². The zero-order chi connectivity index (χ0) is 19.4. The Labute approximate surface area is 152 Å². The average molecular weight is 361 g/mol. The summed E-state index contributed by atoms with van der Waals surface area (Å²) in [5, 5.41) is 3.21. The summed E-state index contributed by atoms with van der Waals surface area (Å²) in [6.07, 6.45) is 0. The standard InChI is InChI=1S/C19H23NO6/c1-10-15(18(21)25-5)11(2)20-17(16(10)19(22)26-6)13-8-7-12(23-3)9-14(13)24-4/h7-9,17,20H,1-6H3/t17-/m0/s1. The van der Waals surface area contributed by atoms with Gasteiger partial charge in [-0.05, 0) is 31.6 Å². The predicted octanol–water partition coefficient (Wildman–Crippen LogP) is 2.28. The van der Waals surface area contributed by atoms with Gasteiger partial charge in [-0.1, -0.05) is 0 Å². The Kier molecular flexibility index (Phi) is 5.92. The number of benzene rings is 1. The molecule has 1 aromatic rings. The van der Waals surface area contributed by atoms with E-state index in [2.05, 4.69) is 5.32 Å². The van der Waals surface area contributed by atoms with E-state index in [1.807, 2.05) is 6.07 Å². The molecule has 2 rings (SSSR count). The van der Waals surface area contributed by atoms with Crippen LogP contribution in [0.4, 0.5) is 0 Å². The third kappa shape index (κ3) is 3.37. The van der Waals surface area contributed by atoms with Crippen molar-refractivity contribution in [1.29, 1.82) is 0 Å².